The summed E-state index contributed by atoms with van der Waals surface area (Å²) in [6.45, 7) is 0.474. The molecule has 0 unspecified atom stereocenters. The highest BCUT2D eigenvalue weighted by atomic mass is 32.2. The number of hydrogen-bond acceptors (Lipinski definition) is 5. The number of hydrogen-bond donors (Lipinski definition) is 2. The standard InChI is InChI=1S/C22H20N4O2S/c1-28-16-10-8-15(9-11-16)13-24-20(27)14-29-22-17(5-4-12-23-22)21-25-18-6-2-3-7-19(18)26-21/h2-12H,13-14H2,1H3,(H,24,27)(H,25,26). The SMILES string of the molecule is COc1ccc(CNC(=O)CSc2ncccc2-c2nc3ccccc3[nH]2)cc1. The number of carbonyl (C=O) groups is 1. The first-order chi connectivity index (χ1) is 14.2. The van der Waals surface area contributed by atoms with E-state index in [1.165, 1.54) is 11.8 Å². The lowest BCUT2D eigenvalue weighted by atomic mass is 10.2. The number of rotatable bonds is 7. The fourth-order valence-corrected chi connectivity index (χ4v) is 3.72. The normalized spacial score (nSPS) is 10.8. The van der Waals surface area contributed by atoms with Gasteiger partial charge in [-0.15, -0.1) is 0 Å². The quantitative estimate of drug-likeness (QED) is 0.455. The second-order valence-electron chi connectivity index (χ2n) is 6.37. The average molecular weight is 404 g/mol. The van der Waals surface area contributed by atoms with Crippen LogP contribution in [0.3, 0.4) is 0 Å². The van der Waals surface area contributed by atoms with E-state index in [1.807, 2.05) is 60.7 Å². The molecule has 29 heavy (non-hydrogen) atoms. The van der Waals surface area contributed by atoms with Crippen molar-refractivity contribution in [2.75, 3.05) is 12.9 Å². The summed E-state index contributed by atoms with van der Waals surface area (Å²) >= 11 is 1.40. The monoisotopic (exact) mass is 404 g/mol. The van der Waals surface area contributed by atoms with Gasteiger partial charge in [0.1, 0.15) is 16.6 Å². The van der Waals surface area contributed by atoms with Crippen LogP contribution in [-0.4, -0.2) is 33.7 Å². The van der Waals surface area contributed by atoms with Gasteiger partial charge in [-0.05, 0) is 42.0 Å². The largest absolute Gasteiger partial charge is 0.497 e. The molecule has 0 spiro atoms. The average Bonchev–Trinajstić information content (AvgIpc) is 3.21. The minimum Gasteiger partial charge on any atom is -0.497 e. The highest BCUT2D eigenvalue weighted by molar-refractivity contribution is 8.00. The molecular formula is C22H20N4O2S. The molecule has 0 fully saturated rings. The number of H-pyrrole nitrogens is 1. The highest BCUT2D eigenvalue weighted by Gasteiger charge is 2.13. The van der Waals surface area contributed by atoms with Crippen molar-refractivity contribution in [1.29, 1.82) is 0 Å². The van der Waals surface area contributed by atoms with Gasteiger partial charge < -0.3 is 15.0 Å². The number of ether oxygens (including phenoxy) is 1. The topological polar surface area (TPSA) is 79.9 Å². The number of imidazole rings is 1. The number of carbonyl (C=O) groups excluding carboxylic acids is 1. The van der Waals surface area contributed by atoms with Crippen LogP contribution in [-0.2, 0) is 11.3 Å². The summed E-state index contributed by atoms with van der Waals surface area (Å²) in [4.78, 5) is 24.7. The van der Waals surface area contributed by atoms with Gasteiger partial charge in [-0.2, -0.15) is 0 Å². The summed E-state index contributed by atoms with van der Waals surface area (Å²) in [5.41, 5.74) is 3.78. The zero-order valence-corrected chi connectivity index (χ0v) is 16.7. The third-order valence-corrected chi connectivity index (χ3v) is 5.41. The van der Waals surface area contributed by atoms with Crippen molar-refractivity contribution in [2.24, 2.45) is 0 Å². The van der Waals surface area contributed by atoms with Gasteiger partial charge in [-0.3, -0.25) is 4.79 Å². The van der Waals surface area contributed by atoms with E-state index in [0.29, 0.717) is 6.54 Å². The number of methoxy groups -OCH3 is 1. The van der Waals surface area contributed by atoms with Gasteiger partial charge in [-0.25, -0.2) is 9.97 Å². The van der Waals surface area contributed by atoms with E-state index in [2.05, 4.69) is 20.3 Å². The Hall–Kier alpha value is -3.32. The number of aromatic nitrogens is 3. The van der Waals surface area contributed by atoms with E-state index < -0.39 is 0 Å². The van der Waals surface area contributed by atoms with Crippen molar-refractivity contribution in [1.82, 2.24) is 20.3 Å². The van der Waals surface area contributed by atoms with Gasteiger partial charge >= 0.3 is 0 Å². The first kappa shape index (κ1) is 19.0. The first-order valence-electron chi connectivity index (χ1n) is 9.15. The fraction of sp³-hybridized carbons (Fsp3) is 0.136. The summed E-state index contributed by atoms with van der Waals surface area (Å²) in [6.07, 6.45) is 1.73. The van der Waals surface area contributed by atoms with E-state index in [9.17, 15) is 4.79 Å². The van der Waals surface area contributed by atoms with Crippen molar-refractivity contribution in [2.45, 2.75) is 11.6 Å². The lowest BCUT2D eigenvalue weighted by Crippen LogP contribution is -2.24. The Morgan fingerprint density at radius 2 is 1.93 bits per heavy atom. The summed E-state index contributed by atoms with van der Waals surface area (Å²) < 4.78 is 5.14. The fourth-order valence-electron chi connectivity index (χ4n) is 2.90. The van der Waals surface area contributed by atoms with Gasteiger partial charge in [0.2, 0.25) is 5.91 Å². The molecule has 0 saturated carbocycles. The van der Waals surface area contributed by atoms with Crippen molar-refractivity contribution < 1.29 is 9.53 Å². The third kappa shape index (κ3) is 4.57. The summed E-state index contributed by atoms with van der Waals surface area (Å²) in [7, 11) is 1.63. The number of benzene rings is 2. The van der Waals surface area contributed by atoms with Crippen LogP contribution >= 0.6 is 11.8 Å². The molecule has 0 aliphatic rings. The predicted molar refractivity (Wildman–Crippen MR) is 115 cm³/mol. The molecule has 1 amide bonds. The molecule has 7 heteroatoms. The van der Waals surface area contributed by atoms with Crippen molar-refractivity contribution in [3.63, 3.8) is 0 Å². The van der Waals surface area contributed by atoms with Gasteiger partial charge in [-0.1, -0.05) is 36.0 Å². The maximum atomic E-state index is 12.3. The Morgan fingerprint density at radius 1 is 1.10 bits per heavy atom. The summed E-state index contributed by atoms with van der Waals surface area (Å²) in [5.74, 6) is 1.77. The lowest BCUT2D eigenvalue weighted by molar-refractivity contribution is -0.118. The van der Waals surface area contributed by atoms with Crippen molar-refractivity contribution in [3.8, 4) is 17.1 Å². The number of para-hydroxylation sites is 2. The number of pyridine rings is 1. The maximum absolute atomic E-state index is 12.3. The van der Waals surface area contributed by atoms with Gasteiger partial charge in [0.15, 0.2) is 0 Å². The van der Waals surface area contributed by atoms with Crippen LogP contribution in [0, 0.1) is 0 Å². The number of nitrogens with one attached hydrogen (secondary N) is 2. The molecule has 0 aliphatic carbocycles. The molecule has 146 valence electrons. The van der Waals surface area contributed by atoms with Crippen LogP contribution in [0.4, 0.5) is 0 Å². The third-order valence-electron chi connectivity index (χ3n) is 4.40. The van der Waals surface area contributed by atoms with Gasteiger partial charge in [0.05, 0.1) is 23.9 Å². The van der Waals surface area contributed by atoms with Crippen LogP contribution in [0.2, 0.25) is 0 Å². The molecule has 2 aromatic carbocycles. The van der Waals surface area contributed by atoms with Crippen LogP contribution in [0.5, 0.6) is 5.75 Å². The maximum Gasteiger partial charge on any atom is 0.230 e. The number of amides is 1. The van der Waals surface area contributed by atoms with Gasteiger partial charge in [0.25, 0.3) is 0 Å². The van der Waals surface area contributed by atoms with Crippen LogP contribution in [0.1, 0.15) is 5.56 Å². The van der Waals surface area contributed by atoms with Crippen LogP contribution in [0.15, 0.2) is 71.9 Å². The number of nitrogens with zero attached hydrogens (tertiary/aromatic N) is 2. The molecule has 0 saturated heterocycles. The highest BCUT2D eigenvalue weighted by Crippen LogP contribution is 2.29. The Kier molecular flexibility index (Phi) is 5.76. The van der Waals surface area contributed by atoms with E-state index >= 15 is 0 Å². The molecule has 0 bridgehead atoms. The van der Waals surface area contributed by atoms with E-state index in [-0.39, 0.29) is 11.7 Å². The van der Waals surface area contributed by atoms with Crippen LogP contribution < -0.4 is 10.1 Å². The second-order valence-corrected chi connectivity index (χ2v) is 7.34. The Labute approximate surface area is 172 Å². The molecule has 2 N–H and O–H groups in total. The lowest BCUT2D eigenvalue weighted by Gasteiger charge is -2.08. The van der Waals surface area contributed by atoms with E-state index in [4.69, 9.17) is 4.74 Å². The summed E-state index contributed by atoms with van der Waals surface area (Å²) in [6, 6.07) is 19.3. The van der Waals surface area contributed by atoms with Crippen molar-refractivity contribution >= 4 is 28.7 Å². The van der Waals surface area contributed by atoms with Gasteiger partial charge in [0, 0.05) is 18.3 Å². The molecular weight excluding hydrogens is 384 g/mol. The zero-order valence-electron chi connectivity index (χ0n) is 15.9. The molecule has 4 rings (SSSR count). The number of aromatic amines is 1. The predicted octanol–water partition coefficient (Wildman–Crippen LogP) is 4.04. The van der Waals surface area contributed by atoms with Crippen molar-refractivity contribution in [3.05, 3.63) is 72.4 Å². The minimum absolute atomic E-state index is 0.0490. The molecule has 0 radical (unpaired) electrons. The molecule has 0 aliphatic heterocycles. The molecule has 2 aromatic heterocycles. The smallest absolute Gasteiger partial charge is 0.230 e. The Bertz CT molecular complexity index is 1090. The Balaban J connectivity index is 1.40. The van der Waals surface area contributed by atoms with E-state index in [1.54, 1.807) is 13.3 Å². The zero-order chi connectivity index (χ0) is 20.1. The van der Waals surface area contributed by atoms with Crippen LogP contribution in [0.25, 0.3) is 22.4 Å². The van der Waals surface area contributed by atoms with E-state index in [0.717, 1.165) is 38.8 Å². The molecule has 6 nitrogen and oxygen atoms in total. The second kappa shape index (κ2) is 8.79. The minimum atomic E-state index is -0.0490. The summed E-state index contributed by atoms with van der Waals surface area (Å²) in [5, 5.41) is 3.71. The molecule has 0 atom stereocenters. The number of fused-ring (bicyclic) bond motifs is 1. The first-order valence-corrected chi connectivity index (χ1v) is 10.1. The number of thioether (sulfide) groups is 1. The Morgan fingerprint density at radius 3 is 2.72 bits per heavy atom. The molecule has 4 aromatic rings. The molecule has 2 heterocycles.